The summed E-state index contributed by atoms with van der Waals surface area (Å²) in [6.45, 7) is 1.89. The predicted molar refractivity (Wildman–Crippen MR) is 69.0 cm³/mol. The maximum absolute atomic E-state index is 11.9. The number of rotatable bonds is 3. The number of hydrogen-bond donors (Lipinski definition) is 2. The van der Waals surface area contributed by atoms with Gasteiger partial charge in [0.2, 0.25) is 0 Å². The summed E-state index contributed by atoms with van der Waals surface area (Å²) in [6.07, 6.45) is 4.32. The molecular weight excluding hydrogens is 228 g/mol. The van der Waals surface area contributed by atoms with Crippen molar-refractivity contribution in [2.45, 2.75) is 13.0 Å². The van der Waals surface area contributed by atoms with Gasteiger partial charge in [-0.2, -0.15) is 0 Å². The van der Waals surface area contributed by atoms with E-state index in [9.17, 15) is 4.79 Å². The molecule has 0 spiro atoms. The van der Waals surface area contributed by atoms with Crippen LogP contribution in [0.3, 0.4) is 0 Å². The Labute approximate surface area is 105 Å². The molecule has 0 radical (unpaired) electrons. The summed E-state index contributed by atoms with van der Waals surface area (Å²) >= 11 is 0. The van der Waals surface area contributed by atoms with Crippen LogP contribution in [-0.2, 0) is 0 Å². The smallest absolute Gasteiger partial charge is 0.258 e. The molecule has 0 saturated heterocycles. The first-order valence-corrected chi connectivity index (χ1v) is 5.58. The number of aromatic nitrogens is 2. The summed E-state index contributed by atoms with van der Waals surface area (Å²) in [5, 5.41) is 2.78. The predicted octanol–water partition coefficient (Wildman–Crippen LogP) is 1.75. The molecule has 1 amide bonds. The summed E-state index contributed by atoms with van der Waals surface area (Å²) in [4.78, 5) is 19.5. The van der Waals surface area contributed by atoms with Gasteiger partial charge in [-0.25, -0.2) is 9.97 Å². The van der Waals surface area contributed by atoms with E-state index in [2.05, 4.69) is 15.3 Å². The molecule has 5 nitrogen and oxygen atoms in total. The molecule has 2 aromatic rings. The van der Waals surface area contributed by atoms with Crippen LogP contribution < -0.4 is 11.1 Å². The molecule has 92 valence electrons. The number of nitrogens with zero attached hydrogens (tertiary/aromatic N) is 2. The summed E-state index contributed by atoms with van der Waals surface area (Å²) in [5.41, 5.74) is 7.89. The van der Waals surface area contributed by atoms with Crippen molar-refractivity contribution in [1.29, 1.82) is 0 Å². The Bertz CT molecular complexity index is 540. The van der Waals surface area contributed by atoms with Crippen LogP contribution in [0, 0.1) is 0 Å². The zero-order chi connectivity index (χ0) is 13.0. The number of carbonyl (C=O) groups excluding carboxylic acids is 1. The average Bonchev–Trinajstić information content (AvgIpc) is 2.40. The molecule has 18 heavy (non-hydrogen) atoms. The monoisotopic (exact) mass is 242 g/mol. The molecule has 1 aromatic carbocycles. The molecule has 0 aliphatic heterocycles. The molecule has 3 N–H and O–H groups in total. The molecule has 0 bridgehead atoms. The molecule has 1 aromatic heterocycles. The lowest BCUT2D eigenvalue weighted by Gasteiger charge is -2.09. The number of carbonyl (C=O) groups is 1. The Morgan fingerprint density at radius 1 is 1.33 bits per heavy atom. The van der Waals surface area contributed by atoms with Crippen molar-refractivity contribution in [3.05, 3.63) is 54.1 Å². The number of amides is 1. The minimum absolute atomic E-state index is 0.0677. The van der Waals surface area contributed by atoms with E-state index in [1.54, 1.807) is 0 Å². The first-order chi connectivity index (χ1) is 8.66. The molecule has 1 atom stereocenters. The third kappa shape index (κ3) is 2.89. The molecule has 0 saturated carbocycles. The Morgan fingerprint density at radius 2 is 2.06 bits per heavy atom. The van der Waals surface area contributed by atoms with Gasteiger partial charge in [0.1, 0.15) is 6.33 Å². The zero-order valence-corrected chi connectivity index (χ0v) is 10.00. The third-order valence-corrected chi connectivity index (χ3v) is 2.49. The Morgan fingerprint density at radius 3 is 2.72 bits per heavy atom. The lowest BCUT2D eigenvalue weighted by atomic mass is 10.1. The van der Waals surface area contributed by atoms with Gasteiger partial charge in [-0.15, -0.1) is 0 Å². The fourth-order valence-electron chi connectivity index (χ4n) is 1.52. The van der Waals surface area contributed by atoms with Gasteiger partial charge in [-0.1, -0.05) is 12.1 Å². The Kier molecular flexibility index (Phi) is 3.64. The zero-order valence-electron chi connectivity index (χ0n) is 10.00. The van der Waals surface area contributed by atoms with E-state index in [-0.39, 0.29) is 11.9 Å². The lowest BCUT2D eigenvalue weighted by Crippen LogP contribution is -2.13. The standard InChI is InChI=1S/C13H14N4O/c1-9(14)10-3-2-4-12(5-10)17-13(18)11-6-15-8-16-7-11/h2-9H,14H2,1H3,(H,17,18). The normalized spacial score (nSPS) is 11.9. The van der Waals surface area contributed by atoms with E-state index in [0.717, 1.165) is 5.56 Å². The van der Waals surface area contributed by atoms with Crippen molar-refractivity contribution >= 4 is 11.6 Å². The van der Waals surface area contributed by atoms with Gasteiger partial charge >= 0.3 is 0 Å². The summed E-state index contributed by atoms with van der Waals surface area (Å²) in [5.74, 6) is -0.238. The number of hydrogen-bond acceptors (Lipinski definition) is 4. The third-order valence-electron chi connectivity index (χ3n) is 2.49. The highest BCUT2D eigenvalue weighted by Gasteiger charge is 2.07. The van der Waals surface area contributed by atoms with Crippen molar-refractivity contribution < 1.29 is 4.79 Å². The van der Waals surface area contributed by atoms with Crippen LogP contribution >= 0.6 is 0 Å². The summed E-state index contributed by atoms with van der Waals surface area (Å²) in [7, 11) is 0. The summed E-state index contributed by atoms with van der Waals surface area (Å²) in [6, 6.07) is 7.38. The van der Waals surface area contributed by atoms with Crippen LogP contribution in [0.25, 0.3) is 0 Å². The van der Waals surface area contributed by atoms with Crippen LogP contribution in [0.2, 0.25) is 0 Å². The van der Waals surface area contributed by atoms with Crippen LogP contribution in [0.5, 0.6) is 0 Å². The second kappa shape index (κ2) is 5.37. The first-order valence-electron chi connectivity index (χ1n) is 5.58. The molecule has 0 aliphatic rings. The Hall–Kier alpha value is -2.27. The molecule has 5 heteroatoms. The van der Waals surface area contributed by atoms with Crippen molar-refractivity contribution in [2.75, 3.05) is 5.32 Å². The topological polar surface area (TPSA) is 80.9 Å². The van der Waals surface area contributed by atoms with E-state index in [1.807, 2.05) is 31.2 Å². The van der Waals surface area contributed by atoms with Crippen LogP contribution in [0.15, 0.2) is 43.0 Å². The lowest BCUT2D eigenvalue weighted by molar-refractivity contribution is 0.102. The fourth-order valence-corrected chi connectivity index (χ4v) is 1.52. The van der Waals surface area contributed by atoms with E-state index in [1.165, 1.54) is 18.7 Å². The number of benzene rings is 1. The quantitative estimate of drug-likeness (QED) is 0.859. The average molecular weight is 242 g/mol. The largest absolute Gasteiger partial charge is 0.324 e. The molecule has 0 aliphatic carbocycles. The van der Waals surface area contributed by atoms with E-state index < -0.39 is 0 Å². The second-order valence-corrected chi connectivity index (χ2v) is 4.00. The van der Waals surface area contributed by atoms with Gasteiger partial charge < -0.3 is 11.1 Å². The molecule has 2 rings (SSSR count). The van der Waals surface area contributed by atoms with Gasteiger partial charge in [0.05, 0.1) is 5.56 Å². The minimum atomic E-state index is -0.238. The van der Waals surface area contributed by atoms with E-state index >= 15 is 0 Å². The van der Waals surface area contributed by atoms with E-state index in [0.29, 0.717) is 11.3 Å². The van der Waals surface area contributed by atoms with Crippen molar-refractivity contribution in [3.8, 4) is 0 Å². The van der Waals surface area contributed by atoms with E-state index in [4.69, 9.17) is 5.73 Å². The highest BCUT2D eigenvalue weighted by Crippen LogP contribution is 2.16. The molecule has 1 heterocycles. The van der Waals surface area contributed by atoms with Crippen molar-refractivity contribution in [1.82, 2.24) is 9.97 Å². The van der Waals surface area contributed by atoms with Crippen LogP contribution in [0.4, 0.5) is 5.69 Å². The highest BCUT2D eigenvalue weighted by atomic mass is 16.1. The van der Waals surface area contributed by atoms with Crippen LogP contribution in [0.1, 0.15) is 28.9 Å². The first kappa shape index (κ1) is 12.2. The molecular formula is C13H14N4O. The minimum Gasteiger partial charge on any atom is -0.324 e. The maximum atomic E-state index is 11.9. The number of anilines is 1. The van der Waals surface area contributed by atoms with Crippen LogP contribution in [-0.4, -0.2) is 15.9 Å². The van der Waals surface area contributed by atoms with Gasteiger partial charge in [0.15, 0.2) is 0 Å². The fraction of sp³-hybridized carbons (Fsp3) is 0.154. The van der Waals surface area contributed by atoms with Crippen molar-refractivity contribution in [2.24, 2.45) is 5.73 Å². The number of nitrogens with one attached hydrogen (secondary N) is 1. The number of nitrogens with two attached hydrogens (primary N) is 1. The second-order valence-electron chi connectivity index (χ2n) is 4.00. The Balaban J connectivity index is 2.15. The van der Waals surface area contributed by atoms with Gasteiger partial charge in [0, 0.05) is 24.1 Å². The molecule has 0 fully saturated rings. The van der Waals surface area contributed by atoms with Gasteiger partial charge in [-0.3, -0.25) is 4.79 Å². The maximum Gasteiger partial charge on any atom is 0.258 e. The SMILES string of the molecule is CC(N)c1cccc(NC(=O)c2cncnc2)c1. The summed E-state index contributed by atoms with van der Waals surface area (Å²) < 4.78 is 0. The highest BCUT2D eigenvalue weighted by molar-refractivity contribution is 6.03. The van der Waals surface area contributed by atoms with Gasteiger partial charge in [0.25, 0.3) is 5.91 Å². The molecule has 1 unspecified atom stereocenters. The van der Waals surface area contributed by atoms with Gasteiger partial charge in [-0.05, 0) is 24.6 Å². The van der Waals surface area contributed by atoms with Crippen molar-refractivity contribution in [3.63, 3.8) is 0 Å².